The minimum Gasteiger partial charge on any atom is -0.336 e. The molecule has 2 aliphatic rings. The van der Waals surface area contributed by atoms with Gasteiger partial charge in [0.05, 0.1) is 0 Å². The summed E-state index contributed by atoms with van der Waals surface area (Å²) in [5.74, 6) is 0.606. The smallest absolute Gasteiger partial charge is 0.277 e. The first-order valence-corrected chi connectivity index (χ1v) is 10.3. The Labute approximate surface area is 171 Å². The highest BCUT2D eigenvalue weighted by Gasteiger charge is 2.26. The van der Waals surface area contributed by atoms with Gasteiger partial charge in [0, 0.05) is 31.0 Å². The molecule has 0 saturated carbocycles. The normalized spacial score (nSPS) is 15.6. The second-order valence-electron chi connectivity index (χ2n) is 7.82. The summed E-state index contributed by atoms with van der Waals surface area (Å²) >= 11 is 0. The number of nitrogens with zero attached hydrogens (tertiary/aromatic N) is 4. The molecular formula is C24H24N4O. The van der Waals surface area contributed by atoms with Crippen LogP contribution < -0.4 is 9.80 Å². The van der Waals surface area contributed by atoms with Gasteiger partial charge in [0.15, 0.2) is 0 Å². The summed E-state index contributed by atoms with van der Waals surface area (Å²) in [5, 5.41) is 0. The maximum absolute atomic E-state index is 13.4. The van der Waals surface area contributed by atoms with E-state index in [1.807, 2.05) is 30.0 Å². The van der Waals surface area contributed by atoms with Crippen LogP contribution in [0.4, 0.5) is 11.6 Å². The van der Waals surface area contributed by atoms with Gasteiger partial charge in [-0.25, -0.2) is 9.97 Å². The molecule has 5 rings (SSSR count). The number of fused-ring (bicyclic) bond motifs is 2. The van der Waals surface area contributed by atoms with E-state index in [0.717, 1.165) is 50.3 Å². The molecule has 29 heavy (non-hydrogen) atoms. The fourth-order valence-electron chi connectivity index (χ4n) is 4.35. The van der Waals surface area contributed by atoms with Crippen molar-refractivity contribution < 1.29 is 4.79 Å². The first-order valence-electron chi connectivity index (χ1n) is 10.3. The third-order valence-electron chi connectivity index (χ3n) is 5.83. The fourth-order valence-corrected chi connectivity index (χ4v) is 4.35. The first kappa shape index (κ1) is 17.9. The van der Waals surface area contributed by atoms with Crippen LogP contribution in [0.25, 0.3) is 0 Å². The average molecular weight is 384 g/mol. The molecule has 0 unspecified atom stereocenters. The van der Waals surface area contributed by atoms with E-state index in [9.17, 15) is 4.79 Å². The Bertz CT molecular complexity index is 1080. The largest absolute Gasteiger partial charge is 0.336 e. The van der Waals surface area contributed by atoms with Crippen molar-refractivity contribution in [2.75, 3.05) is 22.9 Å². The highest BCUT2D eigenvalue weighted by molar-refractivity contribution is 6.05. The number of para-hydroxylation sites is 1. The number of carbonyl (C=O) groups is 1. The van der Waals surface area contributed by atoms with E-state index < -0.39 is 0 Å². The van der Waals surface area contributed by atoms with Gasteiger partial charge in [0.1, 0.15) is 5.69 Å². The molecule has 3 heterocycles. The van der Waals surface area contributed by atoms with E-state index in [2.05, 4.69) is 40.2 Å². The molecule has 2 aromatic carbocycles. The Hall–Kier alpha value is -3.21. The molecule has 0 atom stereocenters. The summed E-state index contributed by atoms with van der Waals surface area (Å²) in [4.78, 5) is 26.8. The van der Waals surface area contributed by atoms with Gasteiger partial charge < -0.3 is 9.80 Å². The van der Waals surface area contributed by atoms with Crippen LogP contribution in [0.2, 0.25) is 0 Å². The van der Waals surface area contributed by atoms with E-state index in [1.54, 1.807) is 6.07 Å². The standard InChI is InChI=1S/C24H24N4O/c1-17-15-21(23(29)28-13-6-10-19-8-4-5-11-22(19)28)26-24(25-17)27-14-12-18-7-2-3-9-20(18)16-27/h2-5,7-9,11,15H,6,10,12-14,16H2,1H3. The van der Waals surface area contributed by atoms with E-state index in [-0.39, 0.29) is 5.91 Å². The number of rotatable bonds is 2. The van der Waals surface area contributed by atoms with Gasteiger partial charge in [-0.1, -0.05) is 42.5 Å². The van der Waals surface area contributed by atoms with Crippen molar-refractivity contribution in [2.45, 2.75) is 32.7 Å². The SMILES string of the molecule is Cc1cc(C(=O)N2CCCc3ccccc32)nc(N2CCc3ccccc3C2)n1. The van der Waals surface area contributed by atoms with Crippen LogP contribution in [0.1, 0.15) is 39.3 Å². The van der Waals surface area contributed by atoms with Gasteiger partial charge in [-0.05, 0) is 55.0 Å². The molecule has 0 bridgehead atoms. The minimum atomic E-state index is -0.0405. The molecule has 0 aliphatic carbocycles. The maximum atomic E-state index is 13.4. The molecular weight excluding hydrogens is 360 g/mol. The summed E-state index contributed by atoms with van der Waals surface area (Å²) in [6.45, 7) is 4.30. The molecule has 2 aliphatic heterocycles. The molecule has 0 saturated heterocycles. The Morgan fingerprint density at radius 2 is 1.66 bits per heavy atom. The third-order valence-corrected chi connectivity index (χ3v) is 5.83. The number of amides is 1. The molecule has 5 heteroatoms. The zero-order chi connectivity index (χ0) is 19.8. The quantitative estimate of drug-likeness (QED) is 0.671. The highest BCUT2D eigenvalue weighted by Crippen LogP contribution is 2.28. The second kappa shape index (κ2) is 7.32. The van der Waals surface area contributed by atoms with Crippen LogP contribution in [0, 0.1) is 6.92 Å². The summed E-state index contributed by atoms with van der Waals surface area (Å²) < 4.78 is 0. The lowest BCUT2D eigenvalue weighted by atomic mass is 10.0. The number of anilines is 2. The van der Waals surface area contributed by atoms with E-state index >= 15 is 0 Å². The molecule has 5 nitrogen and oxygen atoms in total. The Balaban J connectivity index is 1.46. The molecule has 0 N–H and O–H groups in total. The minimum absolute atomic E-state index is 0.0405. The van der Waals surface area contributed by atoms with E-state index in [1.165, 1.54) is 16.7 Å². The predicted molar refractivity (Wildman–Crippen MR) is 114 cm³/mol. The first-order chi connectivity index (χ1) is 14.2. The summed E-state index contributed by atoms with van der Waals surface area (Å²) in [5.41, 5.74) is 6.23. The van der Waals surface area contributed by atoms with Crippen LogP contribution in [0.3, 0.4) is 0 Å². The van der Waals surface area contributed by atoms with E-state index in [0.29, 0.717) is 11.6 Å². The predicted octanol–water partition coefficient (Wildman–Crippen LogP) is 3.94. The fraction of sp³-hybridized carbons (Fsp3) is 0.292. The molecule has 146 valence electrons. The van der Waals surface area contributed by atoms with Crippen molar-refractivity contribution >= 4 is 17.5 Å². The van der Waals surface area contributed by atoms with Gasteiger partial charge in [0.25, 0.3) is 5.91 Å². The average Bonchev–Trinajstić information content (AvgIpc) is 2.77. The lowest BCUT2D eigenvalue weighted by molar-refractivity contribution is 0.0980. The van der Waals surface area contributed by atoms with Crippen molar-refractivity contribution in [3.8, 4) is 0 Å². The molecule has 3 aromatic rings. The van der Waals surface area contributed by atoms with Crippen LogP contribution in [-0.4, -0.2) is 29.0 Å². The number of hydrogen-bond acceptors (Lipinski definition) is 4. The number of hydrogen-bond donors (Lipinski definition) is 0. The van der Waals surface area contributed by atoms with E-state index in [4.69, 9.17) is 4.98 Å². The zero-order valence-corrected chi connectivity index (χ0v) is 16.6. The number of aromatic nitrogens is 2. The lowest BCUT2D eigenvalue weighted by Crippen LogP contribution is -2.37. The number of carbonyl (C=O) groups excluding carboxylic acids is 1. The topological polar surface area (TPSA) is 49.3 Å². The molecule has 0 spiro atoms. The summed E-state index contributed by atoms with van der Waals surface area (Å²) in [6, 6.07) is 18.5. The highest BCUT2D eigenvalue weighted by atomic mass is 16.2. The molecule has 1 aromatic heterocycles. The Kier molecular flexibility index (Phi) is 4.51. The monoisotopic (exact) mass is 384 g/mol. The number of benzene rings is 2. The van der Waals surface area contributed by atoms with Crippen LogP contribution >= 0.6 is 0 Å². The number of aryl methyl sites for hydroxylation is 2. The Morgan fingerprint density at radius 3 is 2.52 bits per heavy atom. The Morgan fingerprint density at radius 1 is 0.897 bits per heavy atom. The van der Waals surface area contributed by atoms with Crippen LogP contribution in [0.15, 0.2) is 54.6 Å². The molecule has 0 fully saturated rings. The third kappa shape index (κ3) is 3.37. The maximum Gasteiger partial charge on any atom is 0.277 e. The van der Waals surface area contributed by atoms with Gasteiger partial charge >= 0.3 is 0 Å². The molecule has 0 radical (unpaired) electrons. The van der Waals surface area contributed by atoms with Gasteiger partial charge in [-0.3, -0.25) is 4.79 Å². The van der Waals surface area contributed by atoms with Gasteiger partial charge in [-0.2, -0.15) is 0 Å². The van der Waals surface area contributed by atoms with Gasteiger partial charge in [-0.15, -0.1) is 0 Å². The molecule has 1 amide bonds. The van der Waals surface area contributed by atoms with Crippen molar-refractivity contribution in [1.29, 1.82) is 0 Å². The van der Waals surface area contributed by atoms with Crippen molar-refractivity contribution in [3.05, 3.63) is 82.7 Å². The van der Waals surface area contributed by atoms with Crippen molar-refractivity contribution in [3.63, 3.8) is 0 Å². The van der Waals surface area contributed by atoms with Crippen LogP contribution in [-0.2, 0) is 19.4 Å². The zero-order valence-electron chi connectivity index (χ0n) is 16.6. The summed E-state index contributed by atoms with van der Waals surface area (Å²) in [6.07, 6.45) is 2.96. The van der Waals surface area contributed by atoms with Crippen molar-refractivity contribution in [1.82, 2.24) is 9.97 Å². The van der Waals surface area contributed by atoms with Crippen LogP contribution in [0.5, 0.6) is 0 Å². The lowest BCUT2D eigenvalue weighted by Gasteiger charge is -2.31. The summed E-state index contributed by atoms with van der Waals surface area (Å²) in [7, 11) is 0. The van der Waals surface area contributed by atoms with Crippen molar-refractivity contribution in [2.24, 2.45) is 0 Å². The second-order valence-corrected chi connectivity index (χ2v) is 7.82. The van der Waals surface area contributed by atoms with Gasteiger partial charge in [0.2, 0.25) is 5.95 Å².